The maximum absolute atomic E-state index is 10.6. The molecule has 2 atom stereocenters. The number of piperidine rings is 1. The summed E-state index contributed by atoms with van der Waals surface area (Å²) in [4.78, 5) is 4.97. The van der Waals surface area contributed by atoms with Crippen LogP contribution in [0.25, 0.3) is 0 Å². The molecule has 124 valence electrons. The van der Waals surface area contributed by atoms with Crippen LogP contribution in [-0.2, 0) is 4.74 Å². The first-order valence-corrected chi connectivity index (χ1v) is 8.48. The summed E-state index contributed by atoms with van der Waals surface area (Å²) < 4.78 is 6.10. The maximum Gasteiger partial charge on any atom is 0.0896 e. The second-order valence-electron chi connectivity index (χ2n) is 7.97. The first-order valence-electron chi connectivity index (χ1n) is 8.48. The Labute approximate surface area is 130 Å². The largest absolute Gasteiger partial charge is 0.390 e. The van der Waals surface area contributed by atoms with Crippen molar-refractivity contribution >= 4 is 0 Å². The standard InChI is InChI=1S/C17H34N2O2/c1-7-19-10-8-13(9-11-19)18(6)12-14-15(20)17(4,5)21-16(14,2)3/h13-15,20H,7-12H2,1-6H3. The van der Waals surface area contributed by atoms with Crippen molar-refractivity contribution in [1.29, 1.82) is 0 Å². The summed E-state index contributed by atoms with van der Waals surface area (Å²) in [5.41, 5.74) is -0.706. The quantitative estimate of drug-likeness (QED) is 0.861. The van der Waals surface area contributed by atoms with Crippen molar-refractivity contribution in [3.8, 4) is 0 Å². The third-order valence-corrected chi connectivity index (χ3v) is 5.62. The lowest BCUT2D eigenvalue weighted by molar-refractivity contribution is -0.0915. The molecule has 4 nitrogen and oxygen atoms in total. The number of hydrogen-bond donors (Lipinski definition) is 1. The highest BCUT2D eigenvalue weighted by Gasteiger charge is 2.53. The van der Waals surface area contributed by atoms with Crippen molar-refractivity contribution in [3.05, 3.63) is 0 Å². The smallest absolute Gasteiger partial charge is 0.0896 e. The van der Waals surface area contributed by atoms with Crippen molar-refractivity contribution < 1.29 is 9.84 Å². The highest BCUT2D eigenvalue weighted by molar-refractivity contribution is 5.02. The van der Waals surface area contributed by atoms with Gasteiger partial charge in [0.05, 0.1) is 17.3 Å². The van der Waals surface area contributed by atoms with Gasteiger partial charge < -0.3 is 19.6 Å². The zero-order chi connectivity index (χ0) is 15.8. The van der Waals surface area contributed by atoms with Gasteiger partial charge in [-0.2, -0.15) is 0 Å². The van der Waals surface area contributed by atoms with Crippen LogP contribution in [-0.4, -0.2) is 71.5 Å². The molecule has 0 bridgehead atoms. The third-order valence-electron chi connectivity index (χ3n) is 5.62. The molecule has 0 aromatic carbocycles. The fraction of sp³-hybridized carbons (Fsp3) is 1.00. The van der Waals surface area contributed by atoms with Gasteiger partial charge in [-0.05, 0) is 67.2 Å². The first kappa shape index (κ1) is 17.2. The van der Waals surface area contributed by atoms with Crippen LogP contribution < -0.4 is 0 Å². The Morgan fingerprint density at radius 1 is 1.14 bits per heavy atom. The number of aliphatic hydroxyl groups excluding tert-OH is 1. The van der Waals surface area contributed by atoms with E-state index in [0.717, 1.165) is 13.1 Å². The average molecular weight is 298 g/mol. The molecule has 4 heteroatoms. The lowest BCUT2D eigenvalue weighted by atomic mass is 9.84. The summed E-state index contributed by atoms with van der Waals surface area (Å²) in [7, 11) is 2.21. The minimum atomic E-state index is -0.444. The molecule has 2 unspecified atom stereocenters. The molecule has 2 saturated heterocycles. The van der Waals surface area contributed by atoms with Crippen molar-refractivity contribution in [3.63, 3.8) is 0 Å². The summed E-state index contributed by atoms with van der Waals surface area (Å²) in [6.07, 6.45) is 2.07. The summed E-state index contributed by atoms with van der Waals surface area (Å²) in [6, 6.07) is 0.638. The van der Waals surface area contributed by atoms with Gasteiger partial charge in [0.2, 0.25) is 0 Å². The number of hydrogen-bond acceptors (Lipinski definition) is 4. The zero-order valence-corrected chi connectivity index (χ0v) is 14.7. The number of likely N-dealkylation sites (tertiary alicyclic amines) is 1. The second-order valence-corrected chi connectivity index (χ2v) is 7.97. The topological polar surface area (TPSA) is 35.9 Å². The Kier molecular flexibility index (Phi) is 5.04. The molecule has 2 rings (SSSR count). The monoisotopic (exact) mass is 298 g/mol. The molecule has 0 amide bonds. The van der Waals surface area contributed by atoms with Crippen LogP contribution in [0.1, 0.15) is 47.5 Å². The van der Waals surface area contributed by atoms with E-state index in [2.05, 4.69) is 37.6 Å². The normalized spacial score (nSPS) is 33.7. The number of rotatable bonds is 4. The minimum Gasteiger partial charge on any atom is -0.390 e. The summed E-state index contributed by atoms with van der Waals surface area (Å²) in [6.45, 7) is 14.9. The van der Waals surface area contributed by atoms with Crippen molar-refractivity contribution in [2.75, 3.05) is 33.2 Å². The summed E-state index contributed by atoms with van der Waals surface area (Å²) >= 11 is 0. The number of ether oxygens (including phenoxy) is 1. The molecule has 2 heterocycles. The van der Waals surface area contributed by atoms with E-state index in [4.69, 9.17) is 4.74 Å². The fourth-order valence-corrected chi connectivity index (χ4v) is 4.13. The van der Waals surface area contributed by atoms with Gasteiger partial charge in [0.25, 0.3) is 0 Å². The predicted octanol–water partition coefficient (Wildman–Crippen LogP) is 1.97. The molecule has 2 fully saturated rings. The molecule has 21 heavy (non-hydrogen) atoms. The van der Waals surface area contributed by atoms with Gasteiger partial charge in [-0.1, -0.05) is 6.92 Å². The third kappa shape index (κ3) is 3.61. The van der Waals surface area contributed by atoms with Crippen molar-refractivity contribution in [2.45, 2.75) is 70.8 Å². The van der Waals surface area contributed by atoms with Gasteiger partial charge >= 0.3 is 0 Å². The molecule has 0 aliphatic carbocycles. The fourth-order valence-electron chi connectivity index (χ4n) is 4.13. The van der Waals surface area contributed by atoms with Crippen molar-refractivity contribution in [2.24, 2.45) is 5.92 Å². The van der Waals surface area contributed by atoms with E-state index in [9.17, 15) is 5.11 Å². The van der Waals surface area contributed by atoms with Crippen LogP contribution in [0.15, 0.2) is 0 Å². The second kappa shape index (κ2) is 6.15. The van der Waals surface area contributed by atoms with Crippen molar-refractivity contribution in [1.82, 2.24) is 9.80 Å². The Morgan fingerprint density at radius 2 is 1.71 bits per heavy atom. The van der Waals surface area contributed by atoms with Crippen LogP contribution >= 0.6 is 0 Å². The molecule has 0 saturated carbocycles. The molecule has 0 aromatic heterocycles. The minimum absolute atomic E-state index is 0.168. The maximum atomic E-state index is 10.6. The van der Waals surface area contributed by atoms with Crippen LogP contribution in [0.5, 0.6) is 0 Å². The lowest BCUT2D eigenvalue weighted by Crippen LogP contribution is -2.48. The molecule has 2 aliphatic heterocycles. The van der Waals surface area contributed by atoms with E-state index >= 15 is 0 Å². The summed E-state index contributed by atoms with van der Waals surface area (Å²) in [5.74, 6) is 0.168. The van der Waals surface area contributed by atoms with E-state index < -0.39 is 11.7 Å². The SMILES string of the molecule is CCN1CCC(N(C)CC2C(O)C(C)(C)OC2(C)C)CC1. The van der Waals surface area contributed by atoms with Gasteiger partial charge in [0.15, 0.2) is 0 Å². The van der Waals surface area contributed by atoms with Gasteiger partial charge in [-0.25, -0.2) is 0 Å². The van der Waals surface area contributed by atoms with E-state index in [1.54, 1.807) is 0 Å². The predicted molar refractivity (Wildman–Crippen MR) is 86.5 cm³/mol. The van der Waals surface area contributed by atoms with Crippen LogP contribution in [0, 0.1) is 5.92 Å². The van der Waals surface area contributed by atoms with Crippen LogP contribution in [0.4, 0.5) is 0 Å². The van der Waals surface area contributed by atoms with E-state index in [1.165, 1.54) is 25.9 Å². The Morgan fingerprint density at radius 3 is 2.14 bits per heavy atom. The van der Waals surface area contributed by atoms with E-state index in [1.807, 2.05) is 13.8 Å². The molecule has 0 radical (unpaired) electrons. The molecular weight excluding hydrogens is 264 g/mol. The first-order chi connectivity index (χ1) is 9.67. The molecule has 1 N–H and O–H groups in total. The number of nitrogens with zero attached hydrogens (tertiary/aromatic N) is 2. The Balaban J connectivity index is 1.95. The molecule has 0 spiro atoms. The molecular formula is C17H34N2O2. The van der Waals surface area contributed by atoms with Gasteiger partial charge in [-0.15, -0.1) is 0 Å². The average Bonchev–Trinajstić information content (AvgIpc) is 2.57. The number of aliphatic hydroxyl groups is 1. The van der Waals surface area contributed by atoms with Gasteiger partial charge in [-0.3, -0.25) is 0 Å². The Hall–Kier alpha value is -0.160. The van der Waals surface area contributed by atoms with E-state index in [-0.39, 0.29) is 11.5 Å². The lowest BCUT2D eigenvalue weighted by Gasteiger charge is -2.39. The van der Waals surface area contributed by atoms with Crippen LogP contribution in [0.3, 0.4) is 0 Å². The van der Waals surface area contributed by atoms with Gasteiger partial charge in [0, 0.05) is 18.5 Å². The van der Waals surface area contributed by atoms with E-state index in [0.29, 0.717) is 6.04 Å². The summed E-state index contributed by atoms with van der Waals surface area (Å²) in [5, 5.41) is 10.6. The highest BCUT2D eigenvalue weighted by atomic mass is 16.5. The molecule has 2 aliphatic rings. The zero-order valence-electron chi connectivity index (χ0n) is 14.7. The Bertz CT molecular complexity index is 349. The highest BCUT2D eigenvalue weighted by Crippen LogP contribution is 2.42. The van der Waals surface area contributed by atoms with Crippen LogP contribution in [0.2, 0.25) is 0 Å². The van der Waals surface area contributed by atoms with Gasteiger partial charge in [0.1, 0.15) is 0 Å². The molecule has 0 aromatic rings.